The topological polar surface area (TPSA) is 123 Å². The number of nitrogens with one attached hydrogen (secondary N) is 2. The molecule has 4 aromatic rings. The molecule has 5 rings (SSSR count). The van der Waals surface area contributed by atoms with Gasteiger partial charge >= 0.3 is 0 Å². The van der Waals surface area contributed by atoms with Crippen LogP contribution in [0.2, 0.25) is 5.02 Å². The van der Waals surface area contributed by atoms with Gasteiger partial charge in [0.25, 0.3) is 10.0 Å². The summed E-state index contributed by atoms with van der Waals surface area (Å²) in [7, 11) is -4.01. The second kappa shape index (κ2) is 10.8. The molecule has 0 radical (unpaired) electrons. The van der Waals surface area contributed by atoms with Gasteiger partial charge in [-0.25, -0.2) is 22.8 Å². The first-order valence-electron chi connectivity index (χ1n) is 12.5. The second-order valence-electron chi connectivity index (χ2n) is 9.47. The average molecular weight is 555 g/mol. The molecule has 0 spiro atoms. The van der Waals surface area contributed by atoms with Gasteiger partial charge < -0.3 is 11.1 Å². The van der Waals surface area contributed by atoms with Crippen molar-refractivity contribution >= 4 is 44.2 Å². The van der Waals surface area contributed by atoms with Crippen LogP contribution in [-0.4, -0.2) is 35.5 Å². The van der Waals surface area contributed by atoms with Crippen LogP contribution in [0.5, 0.6) is 0 Å². The fourth-order valence-electron chi connectivity index (χ4n) is 4.72. The smallest absolute Gasteiger partial charge is 0.263 e. The summed E-state index contributed by atoms with van der Waals surface area (Å²) in [4.78, 5) is 13.4. The molecule has 1 aliphatic carbocycles. The lowest BCUT2D eigenvalue weighted by atomic mass is 9.92. The molecule has 0 unspecified atom stereocenters. The van der Waals surface area contributed by atoms with Crippen LogP contribution in [0, 0.1) is 5.82 Å². The predicted octanol–water partition coefficient (Wildman–Crippen LogP) is 5.53. The highest BCUT2D eigenvalue weighted by atomic mass is 35.5. The number of pyridine rings is 1. The van der Waals surface area contributed by atoms with E-state index in [-0.39, 0.29) is 27.3 Å². The number of aromatic nitrogens is 3. The Bertz CT molecular complexity index is 1590. The van der Waals surface area contributed by atoms with Crippen LogP contribution < -0.4 is 15.8 Å². The Balaban J connectivity index is 1.41. The molecule has 2 heterocycles. The van der Waals surface area contributed by atoms with Gasteiger partial charge in [-0.2, -0.15) is 0 Å². The zero-order valence-corrected chi connectivity index (χ0v) is 22.4. The van der Waals surface area contributed by atoms with Crippen LogP contribution in [0.15, 0.2) is 59.8 Å². The molecule has 11 heteroatoms. The standard InChI is InChI=1S/C27H28ClFN6O2S/c1-2-16-11-17(12-18-14-32-27(34-25(16)18)33-20-9-7-19(30)8-10-20)26-23(29)13-21(15-31-26)35-38(36,37)24-6-4-3-5-22(24)28/h3-6,11-15,19-20,35H,2,7-10,30H2,1H3,(H,32,33,34)/t19-,20-. The lowest BCUT2D eigenvalue weighted by Crippen LogP contribution is -2.33. The number of rotatable bonds is 7. The molecular weight excluding hydrogens is 527 g/mol. The van der Waals surface area contributed by atoms with Crippen molar-refractivity contribution in [2.75, 3.05) is 10.0 Å². The van der Waals surface area contributed by atoms with Crippen molar-refractivity contribution in [2.24, 2.45) is 5.73 Å². The van der Waals surface area contributed by atoms with Crippen LogP contribution in [0.1, 0.15) is 38.2 Å². The highest BCUT2D eigenvalue weighted by Crippen LogP contribution is 2.30. The molecule has 0 atom stereocenters. The maximum Gasteiger partial charge on any atom is 0.263 e. The van der Waals surface area contributed by atoms with E-state index >= 15 is 4.39 Å². The number of hydrogen-bond acceptors (Lipinski definition) is 7. The SMILES string of the molecule is CCc1cc(-c2ncc(NS(=O)(=O)c3ccccc3Cl)cc2F)cc2cnc(N[C@H]3CC[C@H](N)CC3)nc12. The van der Waals surface area contributed by atoms with E-state index in [2.05, 4.69) is 20.0 Å². The van der Waals surface area contributed by atoms with Crippen molar-refractivity contribution < 1.29 is 12.8 Å². The Morgan fingerprint density at radius 1 is 1.08 bits per heavy atom. The summed E-state index contributed by atoms with van der Waals surface area (Å²) >= 11 is 6.02. The summed E-state index contributed by atoms with van der Waals surface area (Å²) in [6, 6.07) is 11.3. The third-order valence-electron chi connectivity index (χ3n) is 6.74. The van der Waals surface area contributed by atoms with Gasteiger partial charge in [-0.1, -0.05) is 30.7 Å². The van der Waals surface area contributed by atoms with E-state index < -0.39 is 15.8 Å². The highest BCUT2D eigenvalue weighted by Gasteiger charge is 2.21. The van der Waals surface area contributed by atoms with Gasteiger partial charge in [0, 0.05) is 35.3 Å². The molecule has 0 aliphatic heterocycles. The monoisotopic (exact) mass is 554 g/mol. The van der Waals surface area contributed by atoms with Gasteiger partial charge in [-0.15, -0.1) is 0 Å². The molecule has 1 saturated carbocycles. The number of hydrogen-bond donors (Lipinski definition) is 3. The zero-order chi connectivity index (χ0) is 26.9. The zero-order valence-electron chi connectivity index (χ0n) is 20.8. The fourth-order valence-corrected chi connectivity index (χ4v) is 6.27. The summed E-state index contributed by atoms with van der Waals surface area (Å²) in [5, 5.41) is 4.26. The Morgan fingerprint density at radius 3 is 2.55 bits per heavy atom. The van der Waals surface area contributed by atoms with Gasteiger partial charge in [-0.3, -0.25) is 9.71 Å². The number of nitrogens with zero attached hydrogens (tertiary/aromatic N) is 3. The van der Waals surface area contributed by atoms with Gasteiger partial charge in [-0.05, 0) is 61.9 Å². The number of aryl methyl sites for hydroxylation is 1. The van der Waals surface area contributed by atoms with Crippen LogP contribution >= 0.6 is 11.6 Å². The minimum atomic E-state index is -4.01. The quantitative estimate of drug-likeness (QED) is 0.274. The van der Waals surface area contributed by atoms with Crippen LogP contribution in [0.25, 0.3) is 22.2 Å². The fraction of sp³-hybridized carbons (Fsp3) is 0.296. The number of fused-ring (bicyclic) bond motifs is 1. The Kier molecular flexibility index (Phi) is 7.47. The summed E-state index contributed by atoms with van der Waals surface area (Å²) in [6.07, 6.45) is 7.61. The minimum absolute atomic E-state index is 0.00890. The largest absolute Gasteiger partial charge is 0.351 e. The third kappa shape index (κ3) is 5.57. The molecule has 2 aromatic heterocycles. The van der Waals surface area contributed by atoms with E-state index in [0.29, 0.717) is 24.0 Å². The summed E-state index contributed by atoms with van der Waals surface area (Å²) < 4.78 is 43.0. The summed E-state index contributed by atoms with van der Waals surface area (Å²) in [6.45, 7) is 2.01. The molecular formula is C27H28ClFN6O2S. The summed E-state index contributed by atoms with van der Waals surface area (Å²) in [5.74, 6) is -0.0969. The van der Waals surface area contributed by atoms with Crippen LogP contribution in [0.4, 0.5) is 16.0 Å². The maximum absolute atomic E-state index is 15.2. The normalized spacial score (nSPS) is 17.9. The van der Waals surface area contributed by atoms with Crippen molar-refractivity contribution in [2.45, 2.75) is 56.0 Å². The second-order valence-corrected chi connectivity index (χ2v) is 11.5. The van der Waals surface area contributed by atoms with Crippen LogP contribution in [-0.2, 0) is 16.4 Å². The van der Waals surface area contributed by atoms with E-state index in [1.165, 1.54) is 18.3 Å². The molecule has 0 bridgehead atoms. The minimum Gasteiger partial charge on any atom is -0.351 e. The average Bonchev–Trinajstić information content (AvgIpc) is 2.89. The van der Waals surface area contributed by atoms with E-state index in [1.807, 2.05) is 13.0 Å². The molecule has 0 amide bonds. The molecule has 198 valence electrons. The van der Waals surface area contributed by atoms with Crippen molar-refractivity contribution in [3.63, 3.8) is 0 Å². The summed E-state index contributed by atoms with van der Waals surface area (Å²) in [5.41, 5.74) is 8.38. The lowest BCUT2D eigenvalue weighted by molar-refractivity contribution is 0.410. The Hall–Kier alpha value is -3.34. The number of sulfonamides is 1. The molecule has 2 aromatic carbocycles. The van der Waals surface area contributed by atoms with E-state index in [4.69, 9.17) is 22.3 Å². The van der Waals surface area contributed by atoms with E-state index in [1.54, 1.807) is 24.4 Å². The van der Waals surface area contributed by atoms with Crippen molar-refractivity contribution in [3.8, 4) is 11.3 Å². The first-order chi connectivity index (χ1) is 18.2. The van der Waals surface area contributed by atoms with Gasteiger partial charge in [0.05, 0.1) is 22.4 Å². The van der Waals surface area contributed by atoms with Gasteiger partial charge in [0.2, 0.25) is 5.95 Å². The van der Waals surface area contributed by atoms with Crippen molar-refractivity contribution in [1.29, 1.82) is 0 Å². The van der Waals surface area contributed by atoms with Crippen LogP contribution in [0.3, 0.4) is 0 Å². The number of benzene rings is 2. The number of nitrogens with two attached hydrogens (primary N) is 1. The molecule has 38 heavy (non-hydrogen) atoms. The molecule has 1 fully saturated rings. The molecule has 4 N–H and O–H groups in total. The molecule has 0 saturated heterocycles. The predicted molar refractivity (Wildman–Crippen MR) is 148 cm³/mol. The Labute approximate surface area is 225 Å². The van der Waals surface area contributed by atoms with Gasteiger partial charge in [0.15, 0.2) is 5.82 Å². The Morgan fingerprint density at radius 2 is 1.84 bits per heavy atom. The van der Waals surface area contributed by atoms with E-state index in [9.17, 15) is 8.42 Å². The highest BCUT2D eigenvalue weighted by molar-refractivity contribution is 7.92. The van der Waals surface area contributed by atoms with Crippen molar-refractivity contribution in [1.82, 2.24) is 15.0 Å². The van der Waals surface area contributed by atoms with E-state index in [0.717, 1.165) is 48.2 Å². The lowest BCUT2D eigenvalue weighted by Gasteiger charge is -2.26. The third-order valence-corrected chi connectivity index (χ3v) is 8.62. The van der Waals surface area contributed by atoms with Gasteiger partial charge in [0.1, 0.15) is 10.6 Å². The van der Waals surface area contributed by atoms with Crippen molar-refractivity contribution in [3.05, 3.63) is 71.3 Å². The first kappa shape index (κ1) is 26.3. The first-order valence-corrected chi connectivity index (χ1v) is 14.3. The molecule has 1 aliphatic rings. The number of halogens is 2. The number of anilines is 2. The molecule has 8 nitrogen and oxygen atoms in total. The maximum atomic E-state index is 15.2.